The molecule has 0 radical (unpaired) electrons. The third-order valence-electron chi connectivity index (χ3n) is 17.4. The fourth-order valence-electron chi connectivity index (χ4n) is 14.2. The molecule has 2 heterocycles. The van der Waals surface area contributed by atoms with Crippen molar-refractivity contribution in [2.75, 3.05) is 13.2 Å². The largest absolute Gasteiger partial charge is 0.481 e. The molecule has 7 aliphatic rings. The standard InChI is InChI=1S/C41H66O12/c1-20(2)22-10-15-41(36(48)49)17-16-39(6)23(28(22)41)8-9-26-37(4)13-12-27(38(5,19-42)25(37)11-14-40(26,39)7)52-35-33(31(46)29(44)21(3)51-35)53-34-32(47)30(45)24(43)18-50-34/h21-35,42-47H,1,8-19H2,2-7H3,(H,48,49)/t21-,22?,23?,24+,25?,26?,27?,28?,29-,30-,31+,32+,33+,34-,35-,37?,38-,39+,40?,41?/m0/s1. The Morgan fingerprint density at radius 1 is 0.792 bits per heavy atom. The molecule has 53 heavy (non-hydrogen) atoms. The maximum atomic E-state index is 13.1. The van der Waals surface area contributed by atoms with Crippen LogP contribution in [0.15, 0.2) is 12.2 Å². The Kier molecular flexibility index (Phi) is 10.4. The summed E-state index contributed by atoms with van der Waals surface area (Å²) >= 11 is 0. The molecular weight excluding hydrogens is 684 g/mol. The van der Waals surface area contributed by atoms with E-state index in [1.807, 2.05) is 0 Å². The van der Waals surface area contributed by atoms with Crippen LogP contribution in [0.25, 0.3) is 0 Å². The third-order valence-corrected chi connectivity index (χ3v) is 17.4. The minimum atomic E-state index is -1.61. The van der Waals surface area contributed by atoms with Crippen molar-refractivity contribution < 1.29 is 59.5 Å². The number of carboxylic acid groups (broad SMARTS) is 1. The first-order chi connectivity index (χ1) is 24.8. The summed E-state index contributed by atoms with van der Waals surface area (Å²) in [7, 11) is 0. The molecule has 5 aliphatic carbocycles. The Bertz CT molecular complexity index is 1410. The van der Waals surface area contributed by atoms with Gasteiger partial charge in [0.2, 0.25) is 0 Å². The van der Waals surface area contributed by atoms with Gasteiger partial charge in [0, 0.05) is 5.41 Å². The van der Waals surface area contributed by atoms with Crippen molar-refractivity contribution in [2.24, 2.45) is 56.7 Å². The molecule has 5 saturated carbocycles. The number of aliphatic hydroxyl groups excluding tert-OH is 6. The number of fused-ring (bicyclic) bond motifs is 7. The molecule has 9 unspecified atom stereocenters. The third kappa shape index (κ3) is 5.69. The van der Waals surface area contributed by atoms with Gasteiger partial charge in [-0.3, -0.25) is 4.79 Å². The molecule has 0 aromatic carbocycles. The Labute approximate surface area is 314 Å². The topological polar surface area (TPSA) is 196 Å². The van der Waals surface area contributed by atoms with Crippen molar-refractivity contribution in [1.29, 1.82) is 0 Å². The van der Waals surface area contributed by atoms with Crippen LogP contribution in [0, 0.1) is 56.7 Å². The molecule has 302 valence electrons. The number of allylic oxidation sites excluding steroid dienone is 1. The lowest BCUT2D eigenvalue weighted by atomic mass is 9.32. The van der Waals surface area contributed by atoms with Gasteiger partial charge in [0.15, 0.2) is 12.6 Å². The molecule has 0 aromatic heterocycles. The Balaban J connectivity index is 1.15. The quantitative estimate of drug-likeness (QED) is 0.148. The van der Waals surface area contributed by atoms with E-state index in [1.165, 1.54) is 0 Å². The van der Waals surface area contributed by atoms with Crippen molar-refractivity contribution in [3.8, 4) is 0 Å². The van der Waals surface area contributed by atoms with Gasteiger partial charge in [-0.05, 0) is 124 Å². The van der Waals surface area contributed by atoms with Crippen molar-refractivity contribution in [3.05, 3.63) is 12.2 Å². The number of aliphatic hydroxyl groups is 6. The maximum Gasteiger partial charge on any atom is 0.309 e. The fourth-order valence-corrected chi connectivity index (χ4v) is 14.2. The van der Waals surface area contributed by atoms with Crippen molar-refractivity contribution in [1.82, 2.24) is 0 Å². The Morgan fingerprint density at radius 3 is 2.17 bits per heavy atom. The average Bonchev–Trinajstić information content (AvgIpc) is 3.52. The summed E-state index contributed by atoms with van der Waals surface area (Å²) < 4.78 is 24.3. The zero-order valence-electron chi connectivity index (χ0n) is 32.5. The molecule has 0 aromatic rings. The fraction of sp³-hybridized carbons (Fsp3) is 0.927. The average molecular weight is 751 g/mol. The summed E-state index contributed by atoms with van der Waals surface area (Å²) in [5.74, 6) is 0.482. The molecule has 2 aliphatic heterocycles. The van der Waals surface area contributed by atoms with Crippen LogP contribution in [0.1, 0.15) is 106 Å². The Morgan fingerprint density at radius 2 is 1.51 bits per heavy atom. The van der Waals surface area contributed by atoms with E-state index < -0.39 is 78.2 Å². The molecule has 7 rings (SSSR count). The molecule has 7 fully saturated rings. The number of hydrogen-bond donors (Lipinski definition) is 7. The lowest BCUT2D eigenvalue weighted by molar-refractivity contribution is -0.369. The highest BCUT2D eigenvalue weighted by atomic mass is 16.8. The van der Waals surface area contributed by atoms with Crippen LogP contribution in [0.2, 0.25) is 0 Å². The van der Waals surface area contributed by atoms with Crippen molar-refractivity contribution in [2.45, 2.75) is 167 Å². The predicted molar refractivity (Wildman–Crippen MR) is 192 cm³/mol. The Hall–Kier alpha value is -1.19. The molecule has 2 saturated heterocycles. The van der Waals surface area contributed by atoms with E-state index in [1.54, 1.807) is 6.92 Å². The summed E-state index contributed by atoms with van der Waals surface area (Å²) in [6.45, 7) is 17.1. The van der Waals surface area contributed by atoms with Gasteiger partial charge in [0.25, 0.3) is 0 Å². The zero-order chi connectivity index (χ0) is 38.6. The second kappa shape index (κ2) is 13.7. The zero-order valence-corrected chi connectivity index (χ0v) is 32.5. The van der Waals surface area contributed by atoms with Gasteiger partial charge in [-0.25, -0.2) is 0 Å². The first-order valence-electron chi connectivity index (χ1n) is 20.3. The van der Waals surface area contributed by atoms with Gasteiger partial charge in [0.1, 0.15) is 36.6 Å². The van der Waals surface area contributed by atoms with E-state index in [0.29, 0.717) is 24.7 Å². The summed E-state index contributed by atoms with van der Waals surface area (Å²) in [4.78, 5) is 13.1. The number of carbonyl (C=O) groups is 1. The maximum absolute atomic E-state index is 13.1. The second-order valence-corrected chi connectivity index (χ2v) is 19.5. The normalized spacial score (nSPS) is 56.7. The smallest absolute Gasteiger partial charge is 0.309 e. The molecule has 7 N–H and O–H groups in total. The first kappa shape index (κ1) is 40.0. The molecule has 0 amide bonds. The lowest BCUT2D eigenvalue weighted by Gasteiger charge is -2.73. The summed E-state index contributed by atoms with van der Waals surface area (Å²) in [5.41, 5.74) is -0.406. The van der Waals surface area contributed by atoms with Crippen LogP contribution in [0.3, 0.4) is 0 Å². The minimum absolute atomic E-state index is 0.0157. The monoisotopic (exact) mass is 750 g/mol. The van der Waals surface area contributed by atoms with Gasteiger partial charge in [-0.1, -0.05) is 39.8 Å². The molecule has 0 spiro atoms. The molecule has 12 nitrogen and oxygen atoms in total. The van der Waals surface area contributed by atoms with E-state index in [0.717, 1.165) is 56.9 Å². The van der Waals surface area contributed by atoms with Crippen LogP contribution in [0.5, 0.6) is 0 Å². The summed E-state index contributed by atoms with van der Waals surface area (Å²) in [6.07, 6.45) is -3.85. The van der Waals surface area contributed by atoms with Crippen LogP contribution < -0.4 is 0 Å². The first-order valence-corrected chi connectivity index (χ1v) is 20.3. The van der Waals surface area contributed by atoms with E-state index >= 15 is 0 Å². The minimum Gasteiger partial charge on any atom is -0.481 e. The van der Waals surface area contributed by atoms with Gasteiger partial charge >= 0.3 is 5.97 Å². The van der Waals surface area contributed by atoms with Gasteiger partial charge in [-0.15, -0.1) is 0 Å². The number of hydrogen-bond acceptors (Lipinski definition) is 11. The van der Waals surface area contributed by atoms with Crippen LogP contribution in [-0.4, -0.2) is 116 Å². The van der Waals surface area contributed by atoms with Crippen molar-refractivity contribution >= 4 is 5.97 Å². The number of ether oxygens (including phenoxy) is 4. The van der Waals surface area contributed by atoms with Crippen LogP contribution in [0.4, 0.5) is 0 Å². The SMILES string of the molecule is C=C(C)C1CCC2(C(=O)O)CC[C@]3(C)C(CCC4C5(C)CCC(O[C@@H]6O[C@@H](C)[C@H](O)[C@@H](O)[C@H]6O[C@@H]6OC[C@@H](O)[C@H](O)[C@H]6O)[C@@](C)(CO)C5CCC43C)C12. The lowest BCUT2D eigenvalue weighted by Crippen LogP contribution is -2.68. The van der Waals surface area contributed by atoms with Crippen LogP contribution >= 0.6 is 0 Å². The highest BCUT2D eigenvalue weighted by Gasteiger charge is 2.72. The van der Waals surface area contributed by atoms with Gasteiger partial charge in [-0.2, -0.15) is 0 Å². The number of rotatable bonds is 7. The highest BCUT2D eigenvalue weighted by Crippen LogP contribution is 2.77. The van der Waals surface area contributed by atoms with E-state index in [9.17, 15) is 40.5 Å². The predicted octanol–water partition coefficient (Wildman–Crippen LogP) is 3.38. The molecule has 20 atom stereocenters. The molecule has 0 bridgehead atoms. The number of aliphatic carboxylic acids is 1. The van der Waals surface area contributed by atoms with Crippen molar-refractivity contribution in [3.63, 3.8) is 0 Å². The summed E-state index contributed by atoms with van der Waals surface area (Å²) in [5, 5.41) is 74.8. The molecule has 12 heteroatoms. The second-order valence-electron chi connectivity index (χ2n) is 19.5. The van der Waals surface area contributed by atoms with E-state index in [2.05, 4.69) is 41.2 Å². The van der Waals surface area contributed by atoms with Crippen LogP contribution in [-0.2, 0) is 23.7 Å². The highest BCUT2D eigenvalue weighted by molar-refractivity contribution is 5.76. The van der Waals surface area contributed by atoms with E-state index in [-0.39, 0.29) is 47.2 Å². The summed E-state index contributed by atoms with van der Waals surface area (Å²) in [6, 6.07) is 0. The van der Waals surface area contributed by atoms with E-state index in [4.69, 9.17) is 18.9 Å². The van der Waals surface area contributed by atoms with Gasteiger partial charge < -0.3 is 54.7 Å². The molecular formula is C41H66O12. The van der Waals surface area contributed by atoms with Gasteiger partial charge in [0.05, 0.1) is 30.8 Å². The number of carboxylic acids is 1.